The van der Waals surface area contributed by atoms with Crippen LogP contribution in [0.3, 0.4) is 0 Å². The molecule has 1 heterocycles. The molecular weight excluding hydrogens is 499 g/mol. The zero-order valence-electron chi connectivity index (χ0n) is 17.5. The summed E-state index contributed by atoms with van der Waals surface area (Å²) in [6.07, 6.45) is -12.5. The van der Waals surface area contributed by atoms with Gasteiger partial charge in [-0.1, -0.05) is 0 Å². The van der Waals surface area contributed by atoms with E-state index in [1.807, 2.05) is 0 Å². The standard InChI is InChI=1S/C17H16F7N3O4S.C2H4/c1-27-7-11(32(25)30)14(31-5-4-12(28)17(22,23)24)13(27)15(29)26-8-2-3-10(18)9(6-8)16(19,20)21;1-2/h2-3,6-7,12,28H,4-5,25H2,1H3,(H,26,29);1-2H2. The molecule has 1 aromatic carbocycles. The van der Waals surface area contributed by atoms with E-state index in [0.29, 0.717) is 12.1 Å². The van der Waals surface area contributed by atoms with Gasteiger partial charge in [0.15, 0.2) is 17.5 Å². The lowest BCUT2D eigenvalue weighted by Gasteiger charge is -2.16. The van der Waals surface area contributed by atoms with E-state index in [-0.39, 0.29) is 4.90 Å². The maximum Gasteiger partial charge on any atom is 0.419 e. The number of benzene rings is 1. The Bertz CT molecular complexity index is 1040. The van der Waals surface area contributed by atoms with Crippen molar-refractivity contribution in [3.63, 3.8) is 0 Å². The van der Waals surface area contributed by atoms with E-state index in [9.17, 15) is 39.7 Å². The third kappa shape index (κ3) is 7.30. The number of alkyl halides is 6. The van der Waals surface area contributed by atoms with E-state index < -0.39 is 76.9 Å². The van der Waals surface area contributed by atoms with Gasteiger partial charge in [-0.05, 0) is 18.2 Å². The van der Waals surface area contributed by atoms with E-state index in [0.717, 1.165) is 16.8 Å². The summed E-state index contributed by atoms with van der Waals surface area (Å²) in [5.41, 5.74) is -2.51. The summed E-state index contributed by atoms with van der Waals surface area (Å²) < 4.78 is 107. The molecule has 0 aliphatic carbocycles. The van der Waals surface area contributed by atoms with Crippen LogP contribution in [-0.2, 0) is 24.2 Å². The van der Waals surface area contributed by atoms with Crippen molar-refractivity contribution < 1.29 is 49.6 Å². The van der Waals surface area contributed by atoms with E-state index in [1.54, 1.807) is 0 Å². The van der Waals surface area contributed by atoms with Crippen molar-refractivity contribution in [2.24, 2.45) is 12.2 Å². The molecule has 34 heavy (non-hydrogen) atoms. The first-order valence-electron chi connectivity index (χ1n) is 9.04. The molecule has 0 fully saturated rings. The maximum atomic E-state index is 13.4. The lowest BCUT2D eigenvalue weighted by Crippen LogP contribution is -2.30. The average Bonchev–Trinajstić information content (AvgIpc) is 3.05. The van der Waals surface area contributed by atoms with Crippen molar-refractivity contribution in [3.05, 3.63) is 54.6 Å². The van der Waals surface area contributed by atoms with Crippen molar-refractivity contribution >= 4 is 22.6 Å². The van der Waals surface area contributed by atoms with Crippen LogP contribution in [0.2, 0.25) is 0 Å². The van der Waals surface area contributed by atoms with Crippen LogP contribution in [0.5, 0.6) is 5.75 Å². The van der Waals surface area contributed by atoms with Gasteiger partial charge in [0.2, 0.25) is 0 Å². The Morgan fingerprint density at radius 2 is 1.85 bits per heavy atom. The van der Waals surface area contributed by atoms with Gasteiger partial charge in [0, 0.05) is 25.4 Å². The van der Waals surface area contributed by atoms with Crippen LogP contribution < -0.4 is 15.2 Å². The number of rotatable bonds is 7. The number of aliphatic hydroxyl groups excluding tert-OH is 1. The first-order chi connectivity index (χ1) is 15.6. The molecule has 0 radical (unpaired) electrons. The minimum Gasteiger partial charge on any atom is -0.490 e. The molecule has 190 valence electrons. The summed E-state index contributed by atoms with van der Waals surface area (Å²) in [5.74, 6) is -3.16. The van der Waals surface area contributed by atoms with Crippen LogP contribution >= 0.6 is 0 Å². The van der Waals surface area contributed by atoms with E-state index in [2.05, 4.69) is 18.5 Å². The van der Waals surface area contributed by atoms with Crippen molar-refractivity contribution in [2.45, 2.75) is 29.8 Å². The summed E-state index contributed by atoms with van der Waals surface area (Å²) in [4.78, 5) is 12.4. The Labute approximate surface area is 191 Å². The number of nitrogens with two attached hydrogens (primary N) is 1. The molecule has 1 aromatic heterocycles. The molecule has 0 aliphatic heterocycles. The minimum atomic E-state index is -5.03. The molecule has 15 heteroatoms. The highest BCUT2D eigenvalue weighted by atomic mass is 32.2. The largest absolute Gasteiger partial charge is 0.490 e. The summed E-state index contributed by atoms with van der Waals surface area (Å²) in [6, 6.07) is 1.69. The average molecular weight is 519 g/mol. The quantitative estimate of drug-likeness (QED) is 0.381. The fraction of sp³-hybridized carbons (Fsp3) is 0.316. The highest BCUT2D eigenvalue weighted by molar-refractivity contribution is 7.82. The van der Waals surface area contributed by atoms with Crippen molar-refractivity contribution in [3.8, 4) is 5.75 Å². The van der Waals surface area contributed by atoms with Crippen molar-refractivity contribution in [1.82, 2.24) is 4.57 Å². The molecule has 1 amide bonds. The fourth-order valence-electron chi connectivity index (χ4n) is 2.57. The fourth-order valence-corrected chi connectivity index (χ4v) is 3.17. The topological polar surface area (TPSA) is 107 Å². The second-order valence-electron chi connectivity index (χ2n) is 6.42. The van der Waals surface area contributed by atoms with Crippen LogP contribution in [0, 0.1) is 5.82 Å². The van der Waals surface area contributed by atoms with E-state index >= 15 is 0 Å². The normalized spacial score (nSPS) is 13.5. The molecule has 0 bridgehead atoms. The number of nitrogens with one attached hydrogen (secondary N) is 1. The molecule has 7 nitrogen and oxygen atoms in total. The Hall–Kier alpha value is -2.91. The Balaban J connectivity index is 0.00000281. The van der Waals surface area contributed by atoms with Crippen LogP contribution in [0.1, 0.15) is 22.5 Å². The van der Waals surface area contributed by atoms with Crippen molar-refractivity contribution in [2.75, 3.05) is 11.9 Å². The van der Waals surface area contributed by atoms with Crippen molar-refractivity contribution in [1.29, 1.82) is 0 Å². The SMILES string of the molecule is C=C.Cn1cc(S(N)=O)c(OCCC(O)C(F)(F)F)c1C(=O)Nc1ccc(F)c(C(F)(F)F)c1. The molecular formula is C19H20F7N3O4S. The van der Waals surface area contributed by atoms with Crippen LogP contribution in [-0.4, -0.2) is 38.7 Å². The van der Waals surface area contributed by atoms with Gasteiger partial charge < -0.3 is 19.7 Å². The second-order valence-corrected chi connectivity index (χ2v) is 7.46. The Morgan fingerprint density at radius 1 is 1.26 bits per heavy atom. The molecule has 2 aromatic rings. The number of aromatic nitrogens is 1. The predicted molar refractivity (Wildman–Crippen MR) is 109 cm³/mol. The second kappa shape index (κ2) is 11.5. The molecule has 0 saturated heterocycles. The van der Waals surface area contributed by atoms with Gasteiger partial charge in [-0.3, -0.25) is 4.79 Å². The van der Waals surface area contributed by atoms with Crippen LogP contribution in [0.15, 0.2) is 42.4 Å². The number of aliphatic hydroxyl groups is 1. The Kier molecular flexibility index (Phi) is 9.84. The number of anilines is 1. The smallest absolute Gasteiger partial charge is 0.419 e. The van der Waals surface area contributed by atoms with Gasteiger partial charge in [0.1, 0.15) is 21.7 Å². The van der Waals surface area contributed by atoms with Gasteiger partial charge >= 0.3 is 12.4 Å². The number of hydrogen-bond acceptors (Lipinski definition) is 4. The highest BCUT2D eigenvalue weighted by Gasteiger charge is 2.38. The molecule has 0 aliphatic rings. The summed E-state index contributed by atoms with van der Waals surface area (Å²) in [7, 11) is -0.993. The van der Waals surface area contributed by atoms with Crippen LogP contribution in [0.4, 0.5) is 36.4 Å². The molecule has 2 atom stereocenters. The third-order valence-corrected chi connectivity index (χ3v) is 4.80. The first kappa shape index (κ1) is 29.1. The summed E-state index contributed by atoms with van der Waals surface area (Å²) in [6.45, 7) is 5.24. The van der Waals surface area contributed by atoms with Gasteiger partial charge in [-0.15, -0.1) is 13.2 Å². The lowest BCUT2D eigenvalue weighted by molar-refractivity contribution is -0.206. The number of ether oxygens (including phenoxy) is 1. The highest BCUT2D eigenvalue weighted by Crippen LogP contribution is 2.34. The van der Waals surface area contributed by atoms with Gasteiger partial charge in [0.25, 0.3) is 5.91 Å². The summed E-state index contributed by atoms with van der Waals surface area (Å²) in [5, 5.41) is 16.4. The maximum absolute atomic E-state index is 13.4. The molecule has 0 saturated carbocycles. The number of nitrogens with zero attached hydrogens (tertiary/aromatic N) is 1. The van der Waals surface area contributed by atoms with E-state index in [4.69, 9.17) is 15.0 Å². The number of hydrogen-bond donors (Lipinski definition) is 3. The van der Waals surface area contributed by atoms with Gasteiger partial charge in [0.05, 0.1) is 12.2 Å². The van der Waals surface area contributed by atoms with E-state index in [1.165, 1.54) is 7.05 Å². The number of carbonyl (C=O) groups is 1. The van der Waals surface area contributed by atoms with Gasteiger partial charge in [-0.25, -0.2) is 13.7 Å². The number of aryl methyl sites for hydroxylation is 1. The zero-order chi connectivity index (χ0) is 26.4. The summed E-state index contributed by atoms with van der Waals surface area (Å²) >= 11 is 0. The third-order valence-electron chi connectivity index (χ3n) is 4.08. The molecule has 4 N–H and O–H groups in total. The molecule has 0 spiro atoms. The lowest BCUT2D eigenvalue weighted by atomic mass is 10.1. The minimum absolute atomic E-state index is 0.283. The first-order valence-corrected chi connectivity index (χ1v) is 10.3. The predicted octanol–water partition coefficient (Wildman–Crippen LogP) is 3.91. The molecule has 2 rings (SSSR count). The number of halogens is 7. The number of carbonyl (C=O) groups excluding carboxylic acids is 1. The monoisotopic (exact) mass is 519 g/mol. The number of amides is 1. The van der Waals surface area contributed by atoms with Gasteiger partial charge in [-0.2, -0.15) is 26.3 Å². The molecule has 2 unspecified atom stereocenters. The Morgan fingerprint density at radius 3 is 2.35 bits per heavy atom. The van der Waals surface area contributed by atoms with Crippen LogP contribution in [0.25, 0.3) is 0 Å². The zero-order valence-corrected chi connectivity index (χ0v) is 18.3.